The lowest BCUT2D eigenvalue weighted by Gasteiger charge is -2.29. The minimum atomic E-state index is -0.166. The molecule has 2 aliphatic rings. The van der Waals surface area contributed by atoms with E-state index in [4.69, 9.17) is 4.74 Å². The third-order valence-electron chi connectivity index (χ3n) is 4.27. The molecule has 0 aromatic rings. The number of hydrogen-bond donors (Lipinski definition) is 0. The van der Waals surface area contributed by atoms with E-state index in [1.54, 1.807) is 0 Å². The van der Waals surface area contributed by atoms with E-state index in [0.717, 1.165) is 31.3 Å². The van der Waals surface area contributed by atoms with Crippen molar-refractivity contribution in [2.75, 3.05) is 0 Å². The maximum atomic E-state index is 12.0. The smallest absolute Gasteiger partial charge is 0.334 e. The van der Waals surface area contributed by atoms with E-state index in [9.17, 15) is 9.59 Å². The number of hydrogen-bond acceptors (Lipinski definition) is 3. The van der Waals surface area contributed by atoms with Crippen LogP contribution in [0.15, 0.2) is 11.6 Å². The molecule has 0 aromatic heterocycles. The van der Waals surface area contributed by atoms with Gasteiger partial charge in [-0.15, -0.1) is 0 Å². The van der Waals surface area contributed by atoms with Crippen molar-refractivity contribution in [1.82, 2.24) is 0 Å². The van der Waals surface area contributed by atoms with Crippen LogP contribution in [0.25, 0.3) is 0 Å². The Balaban J connectivity index is 2.19. The highest BCUT2D eigenvalue weighted by molar-refractivity contribution is 5.91. The highest BCUT2D eigenvalue weighted by Crippen LogP contribution is 2.36. The van der Waals surface area contributed by atoms with Crippen LogP contribution in [0.5, 0.6) is 0 Å². The number of esters is 1. The molecule has 3 heteroatoms. The van der Waals surface area contributed by atoms with Gasteiger partial charge >= 0.3 is 5.97 Å². The van der Waals surface area contributed by atoms with Gasteiger partial charge in [0.1, 0.15) is 11.9 Å². The second-order valence-electron chi connectivity index (χ2n) is 6.27. The zero-order chi connectivity index (χ0) is 13.3. The summed E-state index contributed by atoms with van der Waals surface area (Å²) in [5, 5.41) is 0. The van der Waals surface area contributed by atoms with E-state index in [-0.39, 0.29) is 23.4 Å². The van der Waals surface area contributed by atoms with E-state index < -0.39 is 0 Å². The number of ketones is 1. The molecule has 2 atom stereocenters. The molecule has 18 heavy (non-hydrogen) atoms. The molecule has 0 saturated carbocycles. The standard InChI is InChI=1S/C15H22O3/c1-10-5-4-6-11-9-13(18-14(11)17)15(2,3)8-7-12(10)16/h9-10,13H,4-8H2,1-3H3/t10?,13-/m1/s1. The van der Waals surface area contributed by atoms with Crippen LogP contribution in [0.1, 0.15) is 52.9 Å². The van der Waals surface area contributed by atoms with Gasteiger partial charge in [-0.1, -0.05) is 20.8 Å². The molecule has 0 spiro atoms. The average molecular weight is 250 g/mol. The third-order valence-corrected chi connectivity index (χ3v) is 4.27. The summed E-state index contributed by atoms with van der Waals surface area (Å²) < 4.78 is 5.43. The molecule has 0 aromatic carbocycles. The number of ether oxygens (including phenoxy) is 1. The van der Waals surface area contributed by atoms with Gasteiger partial charge in [-0.2, -0.15) is 0 Å². The van der Waals surface area contributed by atoms with Gasteiger partial charge in [0.15, 0.2) is 0 Å². The van der Waals surface area contributed by atoms with Crippen molar-refractivity contribution in [2.24, 2.45) is 11.3 Å². The summed E-state index contributed by atoms with van der Waals surface area (Å²) in [5.41, 5.74) is 0.645. The Labute approximate surface area is 109 Å². The molecule has 100 valence electrons. The monoisotopic (exact) mass is 250 g/mol. The Hall–Kier alpha value is -1.12. The second kappa shape index (κ2) is 4.87. The van der Waals surface area contributed by atoms with Gasteiger partial charge in [0.05, 0.1) is 0 Å². The lowest BCUT2D eigenvalue weighted by molar-refractivity contribution is -0.144. The maximum absolute atomic E-state index is 12.0. The van der Waals surface area contributed by atoms with Crippen molar-refractivity contribution in [3.05, 3.63) is 11.6 Å². The van der Waals surface area contributed by atoms with Gasteiger partial charge in [-0.3, -0.25) is 4.79 Å². The molecule has 0 radical (unpaired) electrons. The summed E-state index contributed by atoms with van der Waals surface area (Å²) >= 11 is 0. The summed E-state index contributed by atoms with van der Waals surface area (Å²) in [6.07, 6.45) is 5.67. The highest BCUT2D eigenvalue weighted by atomic mass is 16.5. The van der Waals surface area contributed by atoms with Crippen LogP contribution in [0, 0.1) is 11.3 Å². The van der Waals surface area contributed by atoms with Crippen molar-refractivity contribution in [3.8, 4) is 0 Å². The Morgan fingerprint density at radius 3 is 2.72 bits per heavy atom. The van der Waals surface area contributed by atoms with Crippen molar-refractivity contribution in [1.29, 1.82) is 0 Å². The summed E-state index contributed by atoms with van der Waals surface area (Å²) in [6.45, 7) is 6.14. The summed E-state index contributed by atoms with van der Waals surface area (Å²) in [5.74, 6) is 0.304. The lowest BCUT2D eigenvalue weighted by Crippen LogP contribution is -2.30. The Morgan fingerprint density at radius 1 is 1.28 bits per heavy atom. The van der Waals surface area contributed by atoms with Gasteiger partial charge < -0.3 is 4.74 Å². The van der Waals surface area contributed by atoms with Gasteiger partial charge in [-0.05, 0) is 31.8 Å². The molecule has 2 bridgehead atoms. The zero-order valence-corrected chi connectivity index (χ0v) is 11.5. The van der Waals surface area contributed by atoms with Crippen LogP contribution in [-0.2, 0) is 14.3 Å². The van der Waals surface area contributed by atoms with E-state index in [2.05, 4.69) is 13.8 Å². The Kier molecular flexibility index (Phi) is 3.60. The topological polar surface area (TPSA) is 43.4 Å². The number of Topliss-reactive ketones (excluding diaryl/α,β-unsaturated/α-hetero) is 1. The van der Waals surface area contributed by atoms with Crippen LogP contribution in [0.2, 0.25) is 0 Å². The number of carbonyl (C=O) groups excluding carboxylic acids is 2. The number of fused-ring (bicyclic) bond motifs is 1. The number of rotatable bonds is 0. The predicted octanol–water partition coefficient (Wildman–Crippen LogP) is 3.03. The fourth-order valence-corrected chi connectivity index (χ4v) is 2.64. The highest BCUT2D eigenvalue weighted by Gasteiger charge is 2.37. The summed E-state index contributed by atoms with van der Waals surface area (Å²) in [6, 6.07) is 0. The predicted molar refractivity (Wildman–Crippen MR) is 69.0 cm³/mol. The molecular formula is C15H22O3. The van der Waals surface area contributed by atoms with Crippen LogP contribution in [0.3, 0.4) is 0 Å². The van der Waals surface area contributed by atoms with Gasteiger partial charge in [0.2, 0.25) is 0 Å². The third kappa shape index (κ3) is 2.65. The maximum Gasteiger partial charge on any atom is 0.334 e. The number of carbonyl (C=O) groups is 2. The van der Waals surface area contributed by atoms with Crippen LogP contribution in [-0.4, -0.2) is 17.9 Å². The van der Waals surface area contributed by atoms with Crippen LogP contribution < -0.4 is 0 Å². The minimum absolute atomic E-state index is 0.119. The molecular weight excluding hydrogens is 228 g/mol. The molecule has 1 unspecified atom stereocenters. The first kappa shape index (κ1) is 13.3. The quantitative estimate of drug-likeness (QED) is 0.621. The lowest BCUT2D eigenvalue weighted by atomic mass is 9.80. The van der Waals surface area contributed by atoms with Gasteiger partial charge in [0.25, 0.3) is 0 Å². The van der Waals surface area contributed by atoms with Crippen molar-refractivity contribution < 1.29 is 14.3 Å². The first-order chi connectivity index (χ1) is 8.40. The molecule has 2 rings (SSSR count). The molecule has 0 fully saturated rings. The normalized spacial score (nSPS) is 32.5. The fraction of sp³-hybridized carbons (Fsp3) is 0.733. The van der Waals surface area contributed by atoms with Crippen LogP contribution >= 0.6 is 0 Å². The fourth-order valence-electron chi connectivity index (χ4n) is 2.64. The summed E-state index contributed by atoms with van der Waals surface area (Å²) in [4.78, 5) is 23.7. The molecule has 0 saturated heterocycles. The molecule has 0 amide bonds. The van der Waals surface area contributed by atoms with Gasteiger partial charge in [0, 0.05) is 23.3 Å². The van der Waals surface area contributed by atoms with E-state index in [1.165, 1.54) is 0 Å². The van der Waals surface area contributed by atoms with E-state index in [1.807, 2.05) is 13.0 Å². The first-order valence-electron chi connectivity index (χ1n) is 6.84. The Morgan fingerprint density at radius 2 is 2.00 bits per heavy atom. The SMILES string of the molecule is CC1CCCC2=C[C@@H](OC2=O)C(C)(C)CCC1=O. The van der Waals surface area contributed by atoms with Gasteiger partial charge in [-0.25, -0.2) is 4.79 Å². The van der Waals surface area contributed by atoms with Crippen molar-refractivity contribution >= 4 is 11.8 Å². The van der Waals surface area contributed by atoms with E-state index in [0.29, 0.717) is 12.2 Å². The zero-order valence-electron chi connectivity index (χ0n) is 11.5. The average Bonchev–Trinajstić information content (AvgIpc) is 2.67. The Bertz CT molecular complexity index is 393. The largest absolute Gasteiger partial charge is 0.454 e. The van der Waals surface area contributed by atoms with E-state index >= 15 is 0 Å². The van der Waals surface area contributed by atoms with Crippen molar-refractivity contribution in [2.45, 2.75) is 59.0 Å². The van der Waals surface area contributed by atoms with Crippen molar-refractivity contribution in [3.63, 3.8) is 0 Å². The van der Waals surface area contributed by atoms with Crippen LogP contribution in [0.4, 0.5) is 0 Å². The molecule has 0 N–H and O–H groups in total. The second-order valence-corrected chi connectivity index (χ2v) is 6.27. The summed E-state index contributed by atoms with van der Waals surface area (Å²) in [7, 11) is 0. The minimum Gasteiger partial charge on any atom is -0.454 e. The molecule has 1 aliphatic carbocycles. The molecule has 1 heterocycles. The molecule has 1 aliphatic heterocycles. The molecule has 3 nitrogen and oxygen atoms in total. The first-order valence-corrected chi connectivity index (χ1v) is 6.84.